The van der Waals surface area contributed by atoms with Crippen LogP contribution in [-0.2, 0) is 10.0 Å². The average Bonchev–Trinajstić information content (AvgIpc) is 2.61. The van der Waals surface area contributed by atoms with E-state index in [1.54, 1.807) is 30.3 Å². The molecule has 134 valence electrons. The molecule has 0 unspecified atom stereocenters. The Morgan fingerprint density at radius 1 is 1.12 bits per heavy atom. The van der Waals surface area contributed by atoms with Crippen molar-refractivity contribution in [3.8, 4) is 5.75 Å². The molecule has 2 aromatic carbocycles. The predicted molar refractivity (Wildman–Crippen MR) is 97.5 cm³/mol. The van der Waals surface area contributed by atoms with Crippen molar-refractivity contribution in [1.82, 2.24) is 5.32 Å². The van der Waals surface area contributed by atoms with Gasteiger partial charge in [-0.25, -0.2) is 8.42 Å². The number of anilines is 1. The van der Waals surface area contributed by atoms with Crippen LogP contribution >= 0.6 is 0 Å². The summed E-state index contributed by atoms with van der Waals surface area (Å²) in [4.78, 5) is 12.2. The summed E-state index contributed by atoms with van der Waals surface area (Å²) in [5.74, 6) is 0.351. The number of benzene rings is 2. The van der Waals surface area contributed by atoms with Crippen LogP contribution in [0.25, 0.3) is 0 Å². The van der Waals surface area contributed by atoms with Gasteiger partial charge in [-0.05, 0) is 48.9 Å². The number of unbranched alkanes of at least 4 members (excludes halogenated alkanes) is 1. The molecule has 2 N–H and O–H groups in total. The number of nitrogens with one attached hydrogen (secondary N) is 2. The zero-order valence-corrected chi connectivity index (χ0v) is 15.1. The molecule has 0 bridgehead atoms. The Morgan fingerprint density at radius 2 is 1.84 bits per heavy atom. The third-order valence-electron chi connectivity index (χ3n) is 3.56. The Hall–Kier alpha value is -2.54. The van der Waals surface area contributed by atoms with Crippen molar-refractivity contribution < 1.29 is 17.9 Å². The van der Waals surface area contributed by atoms with Gasteiger partial charge in [0, 0.05) is 17.8 Å². The van der Waals surface area contributed by atoms with Crippen molar-refractivity contribution in [3.63, 3.8) is 0 Å². The number of rotatable bonds is 8. The first-order valence-electron chi connectivity index (χ1n) is 8.01. The maximum absolute atomic E-state index is 12.4. The lowest BCUT2D eigenvalue weighted by molar-refractivity contribution is 0.0953. The smallest absolute Gasteiger partial charge is 0.261 e. The van der Waals surface area contributed by atoms with E-state index < -0.39 is 10.0 Å². The van der Waals surface area contributed by atoms with E-state index >= 15 is 0 Å². The molecule has 0 aliphatic rings. The van der Waals surface area contributed by atoms with Crippen LogP contribution in [0, 0.1) is 0 Å². The molecule has 1 amide bonds. The minimum Gasteiger partial charge on any atom is -0.497 e. The Morgan fingerprint density at radius 3 is 2.48 bits per heavy atom. The number of hydrogen-bond acceptors (Lipinski definition) is 4. The molecule has 6 nitrogen and oxygen atoms in total. The van der Waals surface area contributed by atoms with Gasteiger partial charge in [-0.2, -0.15) is 0 Å². The Balaban J connectivity index is 2.13. The molecule has 2 rings (SSSR count). The van der Waals surface area contributed by atoms with Crippen LogP contribution in [0.15, 0.2) is 53.4 Å². The first-order valence-corrected chi connectivity index (χ1v) is 9.49. The standard InChI is InChI=1S/C18H22N2O4S/c1-3-4-12-19-18(21)14-6-5-7-15(13-14)20-25(22,23)17-10-8-16(24-2)9-11-17/h5-11,13,20H,3-4,12H2,1-2H3,(H,19,21). The van der Waals surface area contributed by atoms with Gasteiger partial charge in [0.05, 0.1) is 12.0 Å². The molecule has 0 heterocycles. The van der Waals surface area contributed by atoms with E-state index in [1.807, 2.05) is 6.92 Å². The van der Waals surface area contributed by atoms with Crippen molar-refractivity contribution in [2.45, 2.75) is 24.7 Å². The van der Waals surface area contributed by atoms with Crippen molar-refractivity contribution in [3.05, 3.63) is 54.1 Å². The fraction of sp³-hybridized carbons (Fsp3) is 0.278. The summed E-state index contributed by atoms with van der Waals surface area (Å²) < 4.78 is 32.4. The summed E-state index contributed by atoms with van der Waals surface area (Å²) in [5.41, 5.74) is 0.741. The molecule has 2 aromatic rings. The minimum absolute atomic E-state index is 0.117. The summed E-state index contributed by atoms with van der Waals surface area (Å²) in [6.45, 7) is 2.64. The molecule has 0 aromatic heterocycles. The average molecular weight is 362 g/mol. The van der Waals surface area contributed by atoms with E-state index in [2.05, 4.69) is 10.0 Å². The summed E-state index contributed by atoms with van der Waals surface area (Å²) in [6.07, 6.45) is 1.89. The van der Waals surface area contributed by atoms with E-state index in [9.17, 15) is 13.2 Å². The van der Waals surface area contributed by atoms with Crippen molar-refractivity contribution in [2.75, 3.05) is 18.4 Å². The fourth-order valence-corrected chi connectivity index (χ4v) is 3.22. The first kappa shape index (κ1) is 18.8. The molecule has 0 aliphatic carbocycles. The second-order valence-corrected chi connectivity index (χ2v) is 7.15. The molecule has 0 saturated carbocycles. The van der Waals surface area contributed by atoms with Crippen LogP contribution in [0.1, 0.15) is 30.1 Å². The monoisotopic (exact) mass is 362 g/mol. The lowest BCUT2D eigenvalue weighted by Crippen LogP contribution is -2.24. The number of carbonyl (C=O) groups excluding carboxylic acids is 1. The van der Waals surface area contributed by atoms with E-state index in [1.165, 1.54) is 25.3 Å². The van der Waals surface area contributed by atoms with Crippen LogP contribution in [0.4, 0.5) is 5.69 Å². The van der Waals surface area contributed by atoms with Crippen LogP contribution < -0.4 is 14.8 Å². The van der Waals surface area contributed by atoms with Crippen molar-refractivity contribution in [2.24, 2.45) is 0 Å². The minimum atomic E-state index is -3.74. The lowest BCUT2D eigenvalue weighted by Gasteiger charge is -2.10. The number of hydrogen-bond donors (Lipinski definition) is 2. The summed E-state index contributed by atoms with van der Waals surface area (Å²) in [7, 11) is -2.23. The van der Waals surface area contributed by atoms with Crippen molar-refractivity contribution >= 4 is 21.6 Å². The molecule has 7 heteroatoms. The highest BCUT2D eigenvalue weighted by Gasteiger charge is 2.15. The zero-order chi connectivity index (χ0) is 18.3. The second-order valence-electron chi connectivity index (χ2n) is 5.47. The topological polar surface area (TPSA) is 84.5 Å². The molecular formula is C18H22N2O4S. The van der Waals surface area contributed by atoms with Gasteiger partial charge in [0.15, 0.2) is 0 Å². The van der Waals surface area contributed by atoms with Gasteiger partial charge in [-0.1, -0.05) is 19.4 Å². The fourth-order valence-electron chi connectivity index (χ4n) is 2.17. The van der Waals surface area contributed by atoms with Gasteiger partial charge in [-0.15, -0.1) is 0 Å². The number of amides is 1. The third-order valence-corrected chi connectivity index (χ3v) is 4.96. The molecule has 0 saturated heterocycles. The van der Waals surface area contributed by atoms with Crippen molar-refractivity contribution in [1.29, 1.82) is 0 Å². The molecule has 0 fully saturated rings. The predicted octanol–water partition coefficient (Wildman–Crippen LogP) is 3.03. The Bertz CT molecular complexity index is 817. The van der Waals surface area contributed by atoms with Crippen LogP contribution in [0.5, 0.6) is 5.75 Å². The Kier molecular flexibility index (Phi) is 6.41. The maximum Gasteiger partial charge on any atom is 0.261 e. The van der Waals surface area contributed by atoms with Crippen LogP contribution in [0.3, 0.4) is 0 Å². The van der Waals surface area contributed by atoms with Gasteiger partial charge in [-0.3, -0.25) is 9.52 Å². The second kappa shape index (κ2) is 8.53. The number of ether oxygens (including phenoxy) is 1. The molecule has 25 heavy (non-hydrogen) atoms. The molecule has 0 aliphatic heterocycles. The highest BCUT2D eigenvalue weighted by Crippen LogP contribution is 2.19. The van der Waals surface area contributed by atoms with Gasteiger partial charge >= 0.3 is 0 Å². The van der Waals surface area contributed by atoms with E-state index in [-0.39, 0.29) is 10.8 Å². The van der Waals surface area contributed by atoms with Crippen LogP contribution in [0.2, 0.25) is 0 Å². The number of carbonyl (C=O) groups is 1. The molecular weight excluding hydrogens is 340 g/mol. The number of sulfonamides is 1. The first-order chi connectivity index (χ1) is 12.0. The van der Waals surface area contributed by atoms with Gasteiger partial charge in [0.25, 0.3) is 15.9 Å². The summed E-state index contributed by atoms with van der Waals surface area (Å²) in [6, 6.07) is 12.5. The molecule has 0 spiro atoms. The molecule has 0 atom stereocenters. The zero-order valence-electron chi connectivity index (χ0n) is 14.3. The van der Waals surface area contributed by atoms with Gasteiger partial charge < -0.3 is 10.1 Å². The largest absolute Gasteiger partial charge is 0.497 e. The van der Waals surface area contributed by atoms with E-state index in [0.717, 1.165) is 12.8 Å². The lowest BCUT2D eigenvalue weighted by atomic mass is 10.2. The summed E-state index contributed by atoms with van der Waals surface area (Å²) >= 11 is 0. The van der Waals surface area contributed by atoms with E-state index in [4.69, 9.17) is 4.74 Å². The van der Waals surface area contributed by atoms with Crippen LogP contribution in [-0.4, -0.2) is 28.0 Å². The third kappa shape index (κ3) is 5.22. The summed E-state index contributed by atoms with van der Waals surface area (Å²) in [5, 5.41) is 2.80. The normalized spacial score (nSPS) is 11.0. The molecule has 0 radical (unpaired) electrons. The quantitative estimate of drug-likeness (QED) is 0.707. The maximum atomic E-state index is 12.4. The number of methoxy groups -OCH3 is 1. The Labute approximate surface area is 148 Å². The van der Waals surface area contributed by atoms with E-state index in [0.29, 0.717) is 23.5 Å². The highest BCUT2D eigenvalue weighted by molar-refractivity contribution is 7.92. The SMILES string of the molecule is CCCCNC(=O)c1cccc(NS(=O)(=O)c2ccc(OC)cc2)c1. The van der Waals surface area contributed by atoms with Gasteiger partial charge in [0.2, 0.25) is 0 Å². The van der Waals surface area contributed by atoms with Gasteiger partial charge in [0.1, 0.15) is 5.75 Å². The highest BCUT2D eigenvalue weighted by atomic mass is 32.2.